The van der Waals surface area contributed by atoms with Crippen LogP contribution in [0.1, 0.15) is 63.9 Å². The van der Waals surface area contributed by atoms with Gasteiger partial charge in [0.25, 0.3) is 0 Å². The zero-order chi connectivity index (χ0) is 32.9. The number of anilines is 1. The lowest BCUT2D eigenvalue weighted by Gasteiger charge is -2.48. The standard InChI is InChI=1S/C30H39F2N3O3.C2HF3O2/c1-19-4-8-23(9-5-19)35-15-14-30(20-6-11-26(37-2)27(16-20)38-3)13-12-22(18-28(30)35)34-29(36)33-21-7-10-24(31)25(32)17-21;3-2(4,5)1(6)7/h6-7,10-11,16-17,19,22-23,28H,4-5,8-9,12-15,18H2,1-3H3,(H2,33,34,36);(H,6,7). The average molecular weight is 642 g/mol. The van der Waals surface area contributed by atoms with Crippen molar-refractivity contribution in [2.45, 2.75) is 88.0 Å². The lowest BCUT2D eigenvalue weighted by atomic mass is 9.64. The minimum Gasteiger partial charge on any atom is -0.493 e. The summed E-state index contributed by atoms with van der Waals surface area (Å²) in [5.74, 6) is -2.42. The lowest BCUT2D eigenvalue weighted by Crippen LogP contribution is -2.55. The quantitative estimate of drug-likeness (QED) is 0.298. The first kappa shape index (κ1) is 34.3. The van der Waals surface area contributed by atoms with E-state index < -0.39 is 29.8 Å². The summed E-state index contributed by atoms with van der Waals surface area (Å²) in [7, 11) is 3.33. The predicted octanol–water partition coefficient (Wildman–Crippen LogP) is 6.88. The first-order chi connectivity index (χ1) is 21.3. The molecule has 248 valence electrons. The maximum atomic E-state index is 13.6. The molecule has 3 fully saturated rings. The molecule has 0 spiro atoms. The molecule has 2 aliphatic carbocycles. The van der Waals surface area contributed by atoms with E-state index in [9.17, 15) is 26.7 Å². The first-order valence-corrected chi connectivity index (χ1v) is 15.1. The van der Waals surface area contributed by atoms with Gasteiger partial charge in [0.1, 0.15) is 0 Å². The van der Waals surface area contributed by atoms with Gasteiger partial charge in [-0.05, 0) is 93.7 Å². The minimum absolute atomic E-state index is 0.0123. The molecular weight excluding hydrogens is 601 g/mol. The number of carboxylic acid groups (broad SMARTS) is 1. The zero-order valence-electron chi connectivity index (χ0n) is 25.6. The van der Waals surface area contributed by atoms with Crippen molar-refractivity contribution in [3.8, 4) is 11.5 Å². The summed E-state index contributed by atoms with van der Waals surface area (Å²) in [6.07, 6.45) is 3.57. The highest BCUT2D eigenvalue weighted by atomic mass is 19.4. The second kappa shape index (κ2) is 14.2. The number of likely N-dealkylation sites (tertiary alicyclic amines) is 1. The van der Waals surface area contributed by atoms with Crippen LogP contribution in [0.4, 0.5) is 32.4 Å². The number of halogens is 5. The Morgan fingerprint density at radius 2 is 1.60 bits per heavy atom. The van der Waals surface area contributed by atoms with E-state index in [1.807, 2.05) is 6.07 Å². The number of nitrogens with zero attached hydrogens (tertiary/aromatic N) is 1. The van der Waals surface area contributed by atoms with Gasteiger partial charge in [-0.2, -0.15) is 13.2 Å². The summed E-state index contributed by atoms with van der Waals surface area (Å²) in [5, 5.41) is 12.9. The van der Waals surface area contributed by atoms with Crippen LogP contribution in [-0.4, -0.2) is 67.1 Å². The molecule has 1 saturated heterocycles. The van der Waals surface area contributed by atoms with E-state index in [1.165, 1.54) is 37.3 Å². The van der Waals surface area contributed by atoms with Crippen molar-refractivity contribution < 1.29 is 46.1 Å². The molecule has 3 aliphatic rings. The number of carboxylic acids is 1. The minimum atomic E-state index is -5.08. The Balaban J connectivity index is 0.000000591. The molecule has 2 aromatic carbocycles. The second-order valence-corrected chi connectivity index (χ2v) is 12.1. The van der Waals surface area contributed by atoms with E-state index in [4.69, 9.17) is 19.4 Å². The average Bonchev–Trinajstić information content (AvgIpc) is 3.38. The van der Waals surface area contributed by atoms with Crippen molar-refractivity contribution in [2.24, 2.45) is 5.92 Å². The molecule has 3 unspecified atom stereocenters. The maximum Gasteiger partial charge on any atom is 0.490 e. The number of methoxy groups -OCH3 is 2. The molecule has 3 N–H and O–H groups in total. The number of carbonyl (C=O) groups excluding carboxylic acids is 1. The molecule has 2 aromatic rings. The summed E-state index contributed by atoms with van der Waals surface area (Å²) < 4.78 is 69.8. The highest BCUT2D eigenvalue weighted by molar-refractivity contribution is 5.89. The number of fused-ring (bicyclic) bond motifs is 1. The van der Waals surface area contributed by atoms with E-state index in [1.54, 1.807) is 14.2 Å². The molecule has 1 aliphatic heterocycles. The summed E-state index contributed by atoms with van der Waals surface area (Å²) >= 11 is 0. The number of hydrogen-bond donors (Lipinski definition) is 3. The Labute approximate surface area is 259 Å². The largest absolute Gasteiger partial charge is 0.493 e. The Hall–Kier alpha value is -3.61. The predicted molar refractivity (Wildman–Crippen MR) is 158 cm³/mol. The number of nitrogens with one attached hydrogen (secondary N) is 2. The third-order valence-electron chi connectivity index (χ3n) is 9.47. The van der Waals surface area contributed by atoms with Crippen molar-refractivity contribution >= 4 is 17.7 Å². The number of carbonyl (C=O) groups is 2. The fourth-order valence-electron chi connectivity index (χ4n) is 7.14. The van der Waals surface area contributed by atoms with Crippen LogP contribution in [0.25, 0.3) is 0 Å². The van der Waals surface area contributed by atoms with Crippen LogP contribution < -0.4 is 20.1 Å². The van der Waals surface area contributed by atoms with Crippen LogP contribution in [-0.2, 0) is 10.2 Å². The SMILES string of the molecule is COc1ccc(C23CCC(NC(=O)Nc4ccc(F)c(F)c4)CC2N(C2CCC(C)CC2)CC3)cc1OC.O=C(O)C(F)(F)F. The molecule has 0 aromatic heterocycles. The summed E-state index contributed by atoms with van der Waals surface area (Å²) in [5.41, 5.74) is 1.49. The molecule has 8 nitrogen and oxygen atoms in total. The van der Waals surface area contributed by atoms with Crippen molar-refractivity contribution in [3.63, 3.8) is 0 Å². The van der Waals surface area contributed by atoms with Gasteiger partial charge in [-0.25, -0.2) is 18.4 Å². The molecule has 13 heteroatoms. The summed E-state index contributed by atoms with van der Waals surface area (Å²) in [6.45, 7) is 3.39. The van der Waals surface area contributed by atoms with Gasteiger partial charge in [0, 0.05) is 35.3 Å². The Kier molecular flexibility index (Phi) is 10.8. The van der Waals surface area contributed by atoms with Crippen LogP contribution in [0.2, 0.25) is 0 Å². The van der Waals surface area contributed by atoms with Crippen LogP contribution in [0, 0.1) is 17.6 Å². The van der Waals surface area contributed by atoms with E-state index in [0.29, 0.717) is 12.1 Å². The van der Waals surface area contributed by atoms with E-state index >= 15 is 0 Å². The molecule has 0 radical (unpaired) electrons. The van der Waals surface area contributed by atoms with Gasteiger partial charge in [0.2, 0.25) is 0 Å². The number of hydrogen-bond acceptors (Lipinski definition) is 5. The number of rotatable bonds is 6. The van der Waals surface area contributed by atoms with Gasteiger partial charge in [-0.1, -0.05) is 13.0 Å². The van der Waals surface area contributed by atoms with E-state index in [0.717, 1.165) is 61.8 Å². The third kappa shape index (κ3) is 7.98. The topological polar surface area (TPSA) is 100 Å². The molecule has 3 atom stereocenters. The normalized spacial score (nSPS) is 26.6. The van der Waals surface area contributed by atoms with Gasteiger partial charge in [0.15, 0.2) is 23.1 Å². The monoisotopic (exact) mass is 641 g/mol. The lowest BCUT2D eigenvalue weighted by molar-refractivity contribution is -0.192. The molecule has 2 saturated carbocycles. The summed E-state index contributed by atoms with van der Waals surface area (Å²) in [6, 6.07) is 10.2. The third-order valence-corrected chi connectivity index (χ3v) is 9.47. The van der Waals surface area contributed by atoms with Gasteiger partial charge >= 0.3 is 18.2 Å². The molecule has 2 amide bonds. The van der Waals surface area contributed by atoms with E-state index in [-0.39, 0.29) is 17.1 Å². The summed E-state index contributed by atoms with van der Waals surface area (Å²) in [4.78, 5) is 24.4. The van der Waals surface area contributed by atoms with E-state index in [2.05, 4.69) is 34.6 Å². The Bertz CT molecular complexity index is 1350. The fraction of sp³-hybridized carbons (Fsp3) is 0.562. The second-order valence-electron chi connectivity index (χ2n) is 12.1. The number of urea groups is 1. The van der Waals surface area contributed by atoms with Gasteiger partial charge < -0.3 is 25.2 Å². The molecule has 5 rings (SSSR count). The molecule has 1 heterocycles. The van der Waals surface area contributed by atoms with Crippen LogP contribution in [0.15, 0.2) is 36.4 Å². The van der Waals surface area contributed by atoms with Crippen LogP contribution in [0.3, 0.4) is 0 Å². The fourth-order valence-corrected chi connectivity index (χ4v) is 7.14. The molecule has 45 heavy (non-hydrogen) atoms. The first-order valence-electron chi connectivity index (χ1n) is 15.1. The Morgan fingerprint density at radius 1 is 0.933 bits per heavy atom. The number of alkyl halides is 3. The van der Waals surface area contributed by atoms with Crippen molar-refractivity contribution in [1.82, 2.24) is 10.2 Å². The highest BCUT2D eigenvalue weighted by Gasteiger charge is 2.53. The van der Waals surface area contributed by atoms with Crippen molar-refractivity contribution in [1.29, 1.82) is 0 Å². The number of ether oxygens (including phenoxy) is 2. The van der Waals surface area contributed by atoms with Gasteiger partial charge in [-0.15, -0.1) is 0 Å². The van der Waals surface area contributed by atoms with Crippen molar-refractivity contribution in [2.75, 3.05) is 26.1 Å². The Morgan fingerprint density at radius 3 is 2.20 bits per heavy atom. The number of aliphatic carboxylic acids is 1. The van der Waals surface area contributed by atoms with Gasteiger partial charge in [-0.3, -0.25) is 4.90 Å². The number of amides is 2. The van der Waals surface area contributed by atoms with Crippen LogP contribution >= 0.6 is 0 Å². The maximum absolute atomic E-state index is 13.6. The zero-order valence-corrected chi connectivity index (χ0v) is 25.6. The van der Waals surface area contributed by atoms with Crippen LogP contribution in [0.5, 0.6) is 11.5 Å². The smallest absolute Gasteiger partial charge is 0.490 e. The highest BCUT2D eigenvalue weighted by Crippen LogP contribution is 2.52. The number of benzene rings is 2. The van der Waals surface area contributed by atoms with Crippen molar-refractivity contribution in [3.05, 3.63) is 53.6 Å². The van der Waals surface area contributed by atoms with Gasteiger partial charge in [0.05, 0.1) is 14.2 Å². The molecule has 0 bridgehead atoms. The molecular formula is C32H40F5N3O5.